The van der Waals surface area contributed by atoms with Crippen molar-refractivity contribution in [3.63, 3.8) is 0 Å². The lowest BCUT2D eigenvalue weighted by molar-refractivity contribution is 0.462. The molecule has 0 aliphatic rings. The van der Waals surface area contributed by atoms with Gasteiger partial charge < -0.3 is 10.2 Å². The molecule has 2 aromatic rings. The quantitative estimate of drug-likeness (QED) is 0.331. The van der Waals surface area contributed by atoms with Gasteiger partial charge in [-0.05, 0) is 85.8 Å². The Morgan fingerprint density at radius 3 is 1.27 bits per heavy atom. The zero-order valence-electron chi connectivity index (χ0n) is 19.7. The van der Waals surface area contributed by atoms with Gasteiger partial charge in [-0.1, -0.05) is 76.6 Å². The Morgan fingerprint density at radius 1 is 0.533 bits per heavy atom. The molecule has 2 rings (SSSR count). The summed E-state index contributed by atoms with van der Waals surface area (Å²) in [5.41, 5.74) is 7.00. The Morgan fingerprint density at radius 2 is 0.900 bits per heavy atom. The van der Waals surface area contributed by atoms with Crippen LogP contribution in [0.5, 0.6) is 11.5 Å². The summed E-state index contributed by atoms with van der Waals surface area (Å²) in [5.74, 6) is 0.984. The minimum atomic E-state index is 0.492. The minimum Gasteiger partial charge on any atom is -0.507 e. The Bertz CT molecular complexity index is 724. The van der Waals surface area contributed by atoms with E-state index >= 15 is 0 Å². The number of aromatic hydroxyl groups is 2. The van der Waals surface area contributed by atoms with E-state index in [2.05, 4.69) is 38.1 Å². The summed E-state index contributed by atoms with van der Waals surface area (Å²) in [6, 6.07) is 8.72. The molecule has 2 aromatic carbocycles. The summed E-state index contributed by atoms with van der Waals surface area (Å²) in [7, 11) is 0. The number of hydrogen-bond donors (Lipinski definition) is 2. The highest BCUT2D eigenvalue weighted by molar-refractivity contribution is 5.44. The van der Waals surface area contributed by atoms with Crippen molar-refractivity contribution in [1.82, 2.24) is 0 Å². The summed E-state index contributed by atoms with van der Waals surface area (Å²) >= 11 is 0. The second-order valence-electron chi connectivity index (χ2n) is 8.96. The first kappa shape index (κ1) is 24.3. The van der Waals surface area contributed by atoms with E-state index in [9.17, 15) is 10.2 Å². The van der Waals surface area contributed by atoms with Crippen molar-refractivity contribution in [3.8, 4) is 11.5 Å². The van der Waals surface area contributed by atoms with Crippen molar-refractivity contribution in [2.45, 2.75) is 105 Å². The lowest BCUT2D eigenvalue weighted by Gasteiger charge is -2.11. The van der Waals surface area contributed by atoms with Gasteiger partial charge in [-0.25, -0.2) is 0 Å². The Balaban J connectivity index is 1.66. The monoisotopic (exact) mass is 410 g/mol. The highest BCUT2D eigenvalue weighted by Gasteiger charge is 2.08. The van der Waals surface area contributed by atoms with Gasteiger partial charge in [0.25, 0.3) is 0 Å². The van der Waals surface area contributed by atoms with Crippen molar-refractivity contribution in [2.24, 2.45) is 0 Å². The number of phenolic OH excluding ortho intramolecular Hbond substituents is 2. The summed E-state index contributed by atoms with van der Waals surface area (Å²) in [6.45, 7) is 8.35. The Kier molecular flexibility index (Phi) is 10.3. The van der Waals surface area contributed by atoms with E-state index in [1.165, 1.54) is 49.7 Å². The van der Waals surface area contributed by atoms with Crippen LogP contribution in [0.3, 0.4) is 0 Å². The Hall–Kier alpha value is -1.96. The van der Waals surface area contributed by atoms with Crippen LogP contribution in [0.2, 0.25) is 0 Å². The summed E-state index contributed by atoms with van der Waals surface area (Å²) in [5, 5.41) is 20.4. The smallest absolute Gasteiger partial charge is 0.121 e. The van der Waals surface area contributed by atoms with Gasteiger partial charge >= 0.3 is 0 Å². The molecular weight excluding hydrogens is 368 g/mol. The molecule has 2 heteroatoms. The van der Waals surface area contributed by atoms with E-state index < -0.39 is 0 Å². The van der Waals surface area contributed by atoms with Crippen LogP contribution in [-0.4, -0.2) is 10.2 Å². The predicted molar refractivity (Wildman–Crippen MR) is 129 cm³/mol. The number of aryl methyl sites for hydroxylation is 6. The van der Waals surface area contributed by atoms with Crippen LogP contribution in [0.4, 0.5) is 0 Å². The minimum absolute atomic E-state index is 0.492. The molecule has 0 aliphatic heterocycles. The van der Waals surface area contributed by atoms with Crippen LogP contribution in [0.15, 0.2) is 24.3 Å². The third-order valence-electron chi connectivity index (χ3n) is 6.10. The molecule has 0 aliphatic carbocycles. The molecular formula is C28H42O2. The van der Waals surface area contributed by atoms with Gasteiger partial charge in [0.2, 0.25) is 0 Å². The molecule has 166 valence electrons. The van der Waals surface area contributed by atoms with Gasteiger partial charge in [0.05, 0.1) is 0 Å². The molecule has 0 fully saturated rings. The molecule has 0 unspecified atom stereocenters. The number of rotatable bonds is 13. The fraction of sp³-hybridized carbons (Fsp3) is 0.571. The molecule has 30 heavy (non-hydrogen) atoms. The van der Waals surface area contributed by atoms with Crippen LogP contribution in [0.1, 0.15) is 98.6 Å². The van der Waals surface area contributed by atoms with Crippen LogP contribution >= 0.6 is 0 Å². The van der Waals surface area contributed by atoms with Gasteiger partial charge in [-0.15, -0.1) is 0 Å². The average Bonchev–Trinajstić information content (AvgIpc) is 2.71. The first-order valence-electron chi connectivity index (χ1n) is 12.1. The van der Waals surface area contributed by atoms with E-state index in [-0.39, 0.29) is 0 Å². The second-order valence-corrected chi connectivity index (χ2v) is 8.96. The largest absolute Gasteiger partial charge is 0.507 e. The highest BCUT2D eigenvalue weighted by Crippen LogP contribution is 2.27. The maximum atomic E-state index is 10.2. The van der Waals surface area contributed by atoms with Crippen LogP contribution in [0, 0.1) is 13.8 Å². The first-order valence-corrected chi connectivity index (χ1v) is 12.1. The van der Waals surface area contributed by atoms with Gasteiger partial charge in [0.15, 0.2) is 0 Å². The first-order chi connectivity index (χ1) is 14.5. The molecule has 0 radical (unpaired) electrons. The molecule has 0 amide bonds. The normalized spacial score (nSPS) is 11.2. The highest BCUT2D eigenvalue weighted by atomic mass is 16.3. The SMILES string of the molecule is CCCc1cc(CCCCCCCCc2cc(C)c(O)c(CCC)c2)cc(C)c1O. The molecule has 0 atom stereocenters. The molecule has 0 spiro atoms. The Labute approximate surface area is 184 Å². The third kappa shape index (κ3) is 7.38. The third-order valence-corrected chi connectivity index (χ3v) is 6.10. The maximum Gasteiger partial charge on any atom is 0.121 e. The lowest BCUT2D eigenvalue weighted by atomic mass is 9.97. The topological polar surface area (TPSA) is 40.5 Å². The molecule has 0 saturated carbocycles. The second kappa shape index (κ2) is 12.7. The lowest BCUT2D eigenvalue weighted by Crippen LogP contribution is -1.94. The van der Waals surface area contributed by atoms with E-state index in [4.69, 9.17) is 0 Å². The van der Waals surface area contributed by atoms with E-state index in [0.29, 0.717) is 11.5 Å². The van der Waals surface area contributed by atoms with Crippen molar-refractivity contribution < 1.29 is 10.2 Å². The van der Waals surface area contributed by atoms with Gasteiger partial charge in [0.1, 0.15) is 11.5 Å². The zero-order chi connectivity index (χ0) is 21.9. The van der Waals surface area contributed by atoms with Crippen LogP contribution in [-0.2, 0) is 25.7 Å². The fourth-order valence-electron chi connectivity index (χ4n) is 4.44. The van der Waals surface area contributed by atoms with E-state index in [1.807, 2.05) is 13.8 Å². The summed E-state index contributed by atoms with van der Waals surface area (Å²) in [6.07, 6.45) is 13.9. The van der Waals surface area contributed by atoms with Gasteiger partial charge in [-0.2, -0.15) is 0 Å². The molecule has 0 aromatic heterocycles. The average molecular weight is 411 g/mol. The standard InChI is InChI=1S/C28H42O2/c1-5-13-25-19-23(17-21(3)27(25)29)15-11-9-7-8-10-12-16-24-18-22(4)28(30)26(20-24)14-6-2/h17-20,29-30H,5-16H2,1-4H3. The molecule has 2 nitrogen and oxygen atoms in total. The zero-order valence-corrected chi connectivity index (χ0v) is 19.7. The maximum absolute atomic E-state index is 10.2. The summed E-state index contributed by atoms with van der Waals surface area (Å²) in [4.78, 5) is 0. The van der Waals surface area contributed by atoms with Crippen molar-refractivity contribution in [1.29, 1.82) is 0 Å². The summed E-state index contributed by atoms with van der Waals surface area (Å²) < 4.78 is 0. The molecule has 0 saturated heterocycles. The molecule has 0 bridgehead atoms. The van der Waals surface area contributed by atoms with E-state index in [1.54, 1.807) is 0 Å². The van der Waals surface area contributed by atoms with Crippen molar-refractivity contribution >= 4 is 0 Å². The predicted octanol–water partition coefficient (Wildman–Crippen LogP) is 7.75. The molecule has 2 N–H and O–H groups in total. The van der Waals surface area contributed by atoms with Crippen molar-refractivity contribution in [3.05, 3.63) is 57.6 Å². The van der Waals surface area contributed by atoms with E-state index in [0.717, 1.165) is 60.8 Å². The van der Waals surface area contributed by atoms with Gasteiger partial charge in [-0.3, -0.25) is 0 Å². The number of unbranched alkanes of at least 4 members (excludes halogenated alkanes) is 5. The molecule has 0 heterocycles. The number of benzene rings is 2. The number of phenols is 2. The van der Waals surface area contributed by atoms with Crippen molar-refractivity contribution in [2.75, 3.05) is 0 Å². The van der Waals surface area contributed by atoms with Crippen LogP contribution in [0.25, 0.3) is 0 Å². The van der Waals surface area contributed by atoms with Gasteiger partial charge in [0, 0.05) is 0 Å². The van der Waals surface area contributed by atoms with Crippen LogP contribution < -0.4 is 0 Å². The fourth-order valence-corrected chi connectivity index (χ4v) is 4.44. The number of hydrogen-bond acceptors (Lipinski definition) is 2.